The molecule has 1 aromatic carbocycles. The predicted octanol–water partition coefficient (Wildman–Crippen LogP) is 2.87. The second kappa shape index (κ2) is 5.49. The summed E-state index contributed by atoms with van der Waals surface area (Å²) < 4.78 is 13.6. The maximum absolute atomic E-state index is 13.6. The highest BCUT2D eigenvalue weighted by Gasteiger charge is 2.20. The molecule has 0 fully saturated rings. The number of hydrogen-bond acceptors (Lipinski definition) is 3. The van der Waals surface area contributed by atoms with Crippen LogP contribution in [0, 0.1) is 5.82 Å². The molecule has 0 saturated carbocycles. The fourth-order valence-electron chi connectivity index (χ4n) is 2.87. The van der Waals surface area contributed by atoms with Gasteiger partial charge in [-0.3, -0.25) is 9.78 Å². The Hall–Kier alpha value is -3.15. The van der Waals surface area contributed by atoms with Gasteiger partial charge in [0.15, 0.2) is 11.6 Å². The lowest BCUT2D eigenvalue weighted by Gasteiger charge is -2.10. The minimum absolute atomic E-state index is 0.0753. The van der Waals surface area contributed by atoms with Crippen molar-refractivity contribution in [1.29, 1.82) is 0 Å². The SMILES string of the molecule is O=C1NCCc2[nH]c(-c3ccnc(-c4ccc(O)c(F)c4)c3)cc21. The van der Waals surface area contributed by atoms with E-state index in [1.165, 1.54) is 12.1 Å². The van der Waals surface area contributed by atoms with E-state index in [-0.39, 0.29) is 5.91 Å². The van der Waals surface area contributed by atoms with Gasteiger partial charge in [-0.05, 0) is 36.4 Å². The summed E-state index contributed by atoms with van der Waals surface area (Å²) >= 11 is 0. The first-order valence-corrected chi connectivity index (χ1v) is 7.57. The highest BCUT2D eigenvalue weighted by Crippen LogP contribution is 2.28. The third kappa shape index (κ3) is 2.42. The number of fused-ring (bicyclic) bond motifs is 1. The molecule has 3 N–H and O–H groups in total. The molecule has 0 aliphatic carbocycles. The van der Waals surface area contributed by atoms with E-state index in [4.69, 9.17) is 0 Å². The summed E-state index contributed by atoms with van der Waals surface area (Å²) in [5.74, 6) is -1.15. The summed E-state index contributed by atoms with van der Waals surface area (Å²) in [5, 5.41) is 12.1. The van der Waals surface area contributed by atoms with Gasteiger partial charge < -0.3 is 15.4 Å². The first-order chi connectivity index (χ1) is 11.6. The first kappa shape index (κ1) is 14.4. The van der Waals surface area contributed by atoms with Crippen LogP contribution >= 0.6 is 0 Å². The van der Waals surface area contributed by atoms with Crippen molar-refractivity contribution in [3.63, 3.8) is 0 Å². The number of carbonyl (C=O) groups is 1. The maximum Gasteiger partial charge on any atom is 0.253 e. The zero-order valence-corrected chi connectivity index (χ0v) is 12.6. The number of nitrogens with zero attached hydrogens (tertiary/aromatic N) is 1. The van der Waals surface area contributed by atoms with Gasteiger partial charge in [0, 0.05) is 41.7 Å². The summed E-state index contributed by atoms with van der Waals surface area (Å²) in [4.78, 5) is 19.4. The van der Waals surface area contributed by atoms with Crippen molar-refractivity contribution in [2.75, 3.05) is 6.54 Å². The molecule has 0 atom stereocenters. The van der Waals surface area contributed by atoms with E-state index in [0.717, 1.165) is 23.4 Å². The number of phenols is 1. The molecule has 6 heteroatoms. The lowest BCUT2D eigenvalue weighted by atomic mass is 10.1. The van der Waals surface area contributed by atoms with Crippen molar-refractivity contribution >= 4 is 5.91 Å². The van der Waals surface area contributed by atoms with E-state index in [2.05, 4.69) is 15.3 Å². The van der Waals surface area contributed by atoms with Crippen molar-refractivity contribution in [2.45, 2.75) is 6.42 Å². The van der Waals surface area contributed by atoms with Gasteiger partial charge in [0.1, 0.15) is 0 Å². The van der Waals surface area contributed by atoms with E-state index in [1.54, 1.807) is 12.3 Å². The number of H-pyrrole nitrogens is 1. The average Bonchev–Trinajstić information content (AvgIpc) is 3.03. The summed E-state index contributed by atoms with van der Waals surface area (Å²) in [7, 11) is 0. The number of nitrogens with one attached hydrogen (secondary N) is 2. The molecule has 0 spiro atoms. The Bertz CT molecular complexity index is 949. The van der Waals surface area contributed by atoms with Crippen LogP contribution in [0.15, 0.2) is 42.6 Å². The predicted molar refractivity (Wildman–Crippen MR) is 87.1 cm³/mol. The summed E-state index contributed by atoms with van der Waals surface area (Å²) in [6, 6.07) is 9.62. The summed E-state index contributed by atoms with van der Waals surface area (Å²) in [6.45, 7) is 0.625. The minimum atomic E-state index is -0.688. The topological polar surface area (TPSA) is 78.0 Å². The molecule has 24 heavy (non-hydrogen) atoms. The Labute approximate surface area is 137 Å². The fourth-order valence-corrected chi connectivity index (χ4v) is 2.87. The van der Waals surface area contributed by atoms with Crippen LogP contribution < -0.4 is 5.32 Å². The van der Waals surface area contributed by atoms with Gasteiger partial charge >= 0.3 is 0 Å². The van der Waals surface area contributed by atoms with Crippen molar-refractivity contribution in [3.8, 4) is 28.3 Å². The smallest absolute Gasteiger partial charge is 0.253 e. The minimum Gasteiger partial charge on any atom is -0.505 e. The molecule has 5 nitrogen and oxygen atoms in total. The van der Waals surface area contributed by atoms with E-state index in [1.807, 2.05) is 18.2 Å². The third-order valence-electron chi connectivity index (χ3n) is 4.12. The number of halogens is 1. The molecular formula is C18H14FN3O2. The molecule has 0 unspecified atom stereocenters. The van der Waals surface area contributed by atoms with Crippen molar-refractivity contribution in [3.05, 3.63) is 59.7 Å². The van der Waals surface area contributed by atoms with Crippen LogP contribution in [0.5, 0.6) is 5.75 Å². The molecule has 1 aliphatic rings. The molecule has 3 heterocycles. The lowest BCUT2D eigenvalue weighted by molar-refractivity contribution is 0.0946. The Morgan fingerprint density at radius 3 is 2.79 bits per heavy atom. The summed E-state index contributed by atoms with van der Waals surface area (Å²) in [5.41, 5.74) is 4.41. The second-order valence-corrected chi connectivity index (χ2v) is 5.68. The van der Waals surface area contributed by atoms with Gasteiger partial charge in [-0.1, -0.05) is 0 Å². The van der Waals surface area contributed by atoms with Crippen molar-refractivity contribution < 1.29 is 14.3 Å². The molecule has 1 aliphatic heterocycles. The zero-order valence-electron chi connectivity index (χ0n) is 12.6. The van der Waals surface area contributed by atoms with E-state index >= 15 is 0 Å². The van der Waals surface area contributed by atoms with Gasteiger partial charge in [-0.25, -0.2) is 4.39 Å². The molecule has 4 rings (SSSR count). The number of hydrogen-bond donors (Lipinski definition) is 3. The van der Waals surface area contributed by atoms with Crippen LogP contribution in [0.3, 0.4) is 0 Å². The molecule has 0 bridgehead atoms. The third-order valence-corrected chi connectivity index (χ3v) is 4.12. The van der Waals surface area contributed by atoms with Crippen molar-refractivity contribution in [2.24, 2.45) is 0 Å². The van der Waals surface area contributed by atoms with Crippen LogP contribution in [0.2, 0.25) is 0 Å². The average molecular weight is 323 g/mol. The molecule has 120 valence electrons. The molecule has 0 saturated heterocycles. The molecule has 3 aromatic rings. The van der Waals surface area contributed by atoms with Crippen LogP contribution in [0.1, 0.15) is 16.1 Å². The second-order valence-electron chi connectivity index (χ2n) is 5.68. The number of carbonyl (C=O) groups excluding carboxylic acids is 1. The van der Waals surface area contributed by atoms with Gasteiger partial charge in [0.25, 0.3) is 5.91 Å². The zero-order chi connectivity index (χ0) is 16.7. The quantitative estimate of drug-likeness (QED) is 0.678. The standard InChI is InChI=1S/C18H14FN3O2/c19-13-7-10(1-2-17(13)23)15-8-11(3-5-20-15)16-9-12-14(22-16)4-6-21-18(12)24/h1-3,5,7-9,22-23H,4,6H2,(H,21,24). The van der Waals surface area contributed by atoms with E-state index in [9.17, 15) is 14.3 Å². The maximum atomic E-state index is 13.6. The Morgan fingerprint density at radius 2 is 2.00 bits per heavy atom. The number of aromatic nitrogens is 2. The normalized spacial score (nSPS) is 13.5. The Kier molecular flexibility index (Phi) is 3.30. The number of aromatic amines is 1. The Morgan fingerprint density at radius 1 is 1.12 bits per heavy atom. The van der Waals surface area contributed by atoms with Gasteiger partial charge in [0.2, 0.25) is 0 Å². The highest BCUT2D eigenvalue weighted by atomic mass is 19.1. The molecular weight excluding hydrogens is 309 g/mol. The number of benzene rings is 1. The monoisotopic (exact) mass is 323 g/mol. The molecule has 0 radical (unpaired) electrons. The van der Waals surface area contributed by atoms with Crippen LogP contribution in [-0.4, -0.2) is 27.5 Å². The molecule has 1 amide bonds. The fraction of sp³-hybridized carbons (Fsp3) is 0.111. The van der Waals surface area contributed by atoms with Gasteiger partial charge in [0.05, 0.1) is 11.3 Å². The van der Waals surface area contributed by atoms with Crippen LogP contribution in [0.4, 0.5) is 4.39 Å². The summed E-state index contributed by atoms with van der Waals surface area (Å²) in [6.07, 6.45) is 2.40. The number of rotatable bonds is 2. The molecule has 2 aromatic heterocycles. The van der Waals surface area contributed by atoms with E-state index in [0.29, 0.717) is 23.4 Å². The highest BCUT2D eigenvalue weighted by molar-refractivity contribution is 5.97. The van der Waals surface area contributed by atoms with Gasteiger partial charge in [-0.2, -0.15) is 0 Å². The number of amides is 1. The van der Waals surface area contributed by atoms with Crippen LogP contribution in [-0.2, 0) is 6.42 Å². The number of pyridine rings is 1. The number of aromatic hydroxyl groups is 1. The first-order valence-electron chi connectivity index (χ1n) is 7.57. The van der Waals surface area contributed by atoms with Crippen LogP contribution in [0.25, 0.3) is 22.5 Å². The Balaban J connectivity index is 1.75. The van der Waals surface area contributed by atoms with Gasteiger partial charge in [-0.15, -0.1) is 0 Å². The number of phenolic OH excluding ortho intramolecular Hbond substituents is 1. The van der Waals surface area contributed by atoms with Crippen molar-refractivity contribution in [1.82, 2.24) is 15.3 Å². The largest absolute Gasteiger partial charge is 0.505 e. The van der Waals surface area contributed by atoms with E-state index < -0.39 is 11.6 Å². The lowest BCUT2D eigenvalue weighted by Crippen LogP contribution is -2.31.